The first-order valence-electron chi connectivity index (χ1n) is 8.08. The molecule has 0 fully saturated rings. The highest BCUT2D eigenvalue weighted by molar-refractivity contribution is 7.89. The number of nitrogens with two attached hydrogens (primary N) is 1. The van der Waals surface area contributed by atoms with Crippen molar-refractivity contribution in [3.63, 3.8) is 0 Å². The first kappa shape index (κ1) is 19.5. The van der Waals surface area contributed by atoms with Gasteiger partial charge in [-0.2, -0.15) is 5.10 Å². The third kappa shape index (κ3) is 3.73. The van der Waals surface area contributed by atoms with Crippen LogP contribution in [0, 0.1) is 0 Å². The molecule has 2 aromatic carbocycles. The van der Waals surface area contributed by atoms with Gasteiger partial charge >= 0.3 is 0 Å². The van der Waals surface area contributed by atoms with E-state index in [-0.39, 0.29) is 22.3 Å². The van der Waals surface area contributed by atoms with Gasteiger partial charge in [0.1, 0.15) is 16.4 Å². The molecule has 3 N–H and O–H groups in total. The maximum atomic E-state index is 12.2. The van der Waals surface area contributed by atoms with Crippen LogP contribution in [0.2, 0.25) is 0 Å². The van der Waals surface area contributed by atoms with Crippen molar-refractivity contribution >= 4 is 33.0 Å². The summed E-state index contributed by atoms with van der Waals surface area (Å²) in [5.41, 5.74) is 2.18. The molecule has 146 valence electrons. The number of hydrogen-bond acceptors (Lipinski definition) is 7. The third-order valence-corrected chi connectivity index (χ3v) is 5.07. The normalized spacial score (nSPS) is 15.4. The fourth-order valence-corrected chi connectivity index (χ4v) is 3.39. The molecule has 0 radical (unpaired) electrons. The van der Waals surface area contributed by atoms with Crippen molar-refractivity contribution in [1.82, 2.24) is 0 Å². The number of sulfonamides is 1. The molecule has 1 aliphatic rings. The summed E-state index contributed by atoms with van der Waals surface area (Å²) >= 11 is 0. The number of ether oxygens (including phenoxy) is 2. The summed E-state index contributed by atoms with van der Waals surface area (Å²) in [4.78, 5) is 12.0. The predicted octanol–water partition coefficient (Wildman–Crippen LogP) is 1.52. The number of carbonyl (C=O) groups excluding carboxylic acids is 1. The van der Waals surface area contributed by atoms with Crippen LogP contribution < -0.4 is 19.9 Å². The van der Waals surface area contributed by atoms with E-state index in [1.807, 2.05) is 0 Å². The summed E-state index contributed by atoms with van der Waals surface area (Å²) < 4.78 is 33.7. The van der Waals surface area contributed by atoms with E-state index < -0.39 is 10.0 Å². The van der Waals surface area contributed by atoms with Gasteiger partial charge in [0.15, 0.2) is 5.71 Å². The van der Waals surface area contributed by atoms with Gasteiger partial charge in [-0.05, 0) is 48.9 Å². The van der Waals surface area contributed by atoms with E-state index in [1.54, 1.807) is 31.2 Å². The van der Waals surface area contributed by atoms with Crippen molar-refractivity contribution in [1.29, 1.82) is 0 Å². The Morgan fingerprint density at radius 1 is 1.11 bits per heavy atom. The molecular weight excluding hydrogens is 384 g/mol. The number of benzene rings is 2. The van der Waals surface area contributed by atoms with Crippen molar-refractivity contribution in [2.75, 3.05) is 19.5 Å². The summed E-state index contributed by atoms with van der Waals surface area (Å²) in [6.07, 6.45) is 0. The lowest BCUT2D eigenvalue weighted by Gasteiger charge is -2.08. The molecule has 0 aromatic heterocycles. The minimum absolute atomic E-state index is 0.126. The standard InChI is InChI=1S/C18H18N4O5S/c1-10(11-4-7-15(27-3)16(8-11)28(19,24)25)21-22-17-13-9-12(26-2)5-6-14(13)20-18(17)23/h4-9H,1-3H3,(H2,19,24,25)(H,20,22,23)/b21-10+. The Bertz CT molecular complexity index is 1120. The monoisotopic (exact) mass is 402 g/mol. The van der Waals surface area contributed by atoms with Gasteiger partial charge in [-0.15, -0.1) is 5.10 Å². The van der Waals surface area contributed by atoms with Crippen LogP contribution in [-0.2, 0) is 14.8 Å². The number of anilines is 1. The van der Waals surface area contributed by atoms with Gasteiger partial charge < -0.3 is 14.8 Å². The molecular formula is C18H18N4O5S. The molecule has 0 saturated carbocycles. The molecule has 1 heterocycles. The van der Waals surface area contributed by atoms with Crippen LogP contribution in [0.4, 0.5) is 5.69 Å². The first-order chi connectivity index (χ1) is 13.2. The highest BCUT2D eigenvalue weighted by Gasteiger charge is 2.26. The second kappa shape index (κ2) is 7.41. The highest BCUT2D eigenvalue weighted by Crippen LogP contribution is 2.28. The zero-order valence-corrected chi connectivity index (χ0v) is 16.2. The zero-order valence-electron chi connectivity index (χ0n) is 15.4. The number of hydrogen-bond donors (Lipinski definition) is 2. The maximum absolute atomic E-state index is 12.2. The number of fused-ring (bicyclic) bond motifs is 1. The van der Waals surface area contributed by atoms with E-state index in [1.165, 1.54) is 26.4 Å². The molecule has 0 saturated heterocycles. The Labute approximate surface area is 161 Å². The largest absolute Gasteiger partial charge is 0.497 e. The van der Waals surface area contributed by atoms with E-state index in [2.05, 4.69) is 15.5 Å². The molecule has 9 nitrogen and oxygen atoms in total. The quantitative estimate of drug-likeness (QED) is 0.578. The Hall–Kier alpha value is -3.24. The number of primary sulfonamides is 1. The molecule has 3 rings (SSSR count). The molecule has 28 heavy (non-hydrogen) atoms. The lowest BCUT2D eigenvalue weighted by molar-refractivity contribution is -0.110. The number of methoxy groups -OCH3 is 2. The van der Waals surface area contributed by atoms with E-state index in [9.17, 15) is 13.2 Å². The van der Waals surface area contributed by atoms with Crippen molar-refractivity contribution in [2.24, 2.45) is 15.3 Å². The van der Waals surface area contributed by atoms with Crippen LogP contribution in [0.15, 0.2) is 51.5 Å². The fraction of sp³-hybridized carbons (Fsp3) is 0.167. The minimum Gasteiger partial charge on any atom is -0.497 e. The smallest absolute Gasteiger partial charge is 0.276 e. The van der Waals surface area contributed by atoms with Gasteiger partial charge in [-0.25, -0.2) is 13.6 Å². The van der Waals surface area contributed by atoms with Crippen molar-refractivity contribution in [3.05, 3.63) is 47.5 Å². The maximum Gasteiger partial charge on any atom is 0.276 e. The molecule has 1 aliphatic heterocycles. The van der Waals surface area contributed by atoms with Crippen LogP contribution in [0.25, 0.3) is 0 Å². The number of amides is 1. The zero-order chi connectivity index (χ0) is 20.5. The van der Waals surface area contributed by atoms with Crippen molar-refractivity contribution < 1.29 is 22.7 Å². The Balaban J connectivity index is 2.01. The average Bonchev–Trinajstić information content (AvgIpc) is 2.98. The van der Waals surface area contributed by atoms with Crippen LogP contribution in [0.3, 0.4) is 0 Å². The third-order valence-electron chi connectivity index (χ3n) is 4.13. The van der Waals surface area contributed by atoms with Gasteiger partial charge in [-0.1, -0.05) is 0 Å². The second-order valence-electron chi connectivity index (χ2n) is 5.91. The predicted molar refractivity (Wildman–Crippen MR) is 105 cm³/mol. The van der Waals surface area contributed by atoms with Gasteiger partial charge in [0, 0.05) is 5.56 Å². The molecule has 0 bridgehead atoms. The molecule has 2 aromatic rings. The molecule has 1 amide bonds. The Morgan fingerprint density at radius 2 is 1.86 bits per heavy atom. The Kier molecular flexibility index (Phi) is 5.16. The van der Waals surface area contributed by atoms with E-state index >= 15 is 0 Å². The second-order valence-corrected chi connectivity index (χ2v) is 7.44. The van der Waals surface area contributed by atoms with Crippen molar-refractivity contribution in [2.45, 2.75) is 11.8 Å². The number of nitrogens with one attached hydrogen (secondary N) is 1. The number of nitrogens with zero attached hydrogens (tertiary/aromatic N) is 2. The van der Waals surface area contributed by atoms with E-state index in [0.29, 0.717) is 28.3 Å². The Morgan fingerprint density at radius 3 is 2.50 bits per heavy atom. The van der Waals surface area contributed by atoms with Crippen molar-refractivity contribution in [3.8, 4) is 11.5 Å². The summed E-state index contributed by atoms with van der Waals surface area (Å²) in [6, 6.07) is 9.57. The van der Waals surface area contributed by atoms with E-state index in [0.717, 1.165) is 0 Å². The van der Waals surface area contributed by atoms with E-state index in [4.69, 9.17) is 14.6 Å². The lowest BCUT2D eigenvalue weighted by Crippen LogP contribution is -2.15. The number of rotatable bonds is 5. The molecule has 0 spiro atoms. The van der Waals surface area contributed by atoms with Crippen LogP contribution in [0.5, 0.6) is 11.5 Å². The van der Waals surface area contributed by atoms with Gasteiger partial charge in [-0.3, -0.25) is 4.79 Å². The summed E-state index contributed by atoms with van der Waals surface area (Å²) in [5, 5.41) is 16.1. The summed E-state index contributed by atoms with van der Waals surface area (Å²) in [5.74, 6) is 0.318. The van der Waals surface area contributed by atoms with Gasteiger partial charge in [0.25, 0.3) is 5.91 Å². The van der Waals surface area contributed by atoms with Crippen LogP contribution >= 0.6 is 0 Å². The molecule has 0 unspecified atom stereocenters. The highest BCUT2D eigenvalue weighted by atomic mass is 32.2. The molecule has 0 aliphatic carbocycles. The number of carbonyl (C=O) groups is 1. The van der Waals surface area contributed by atoms with Crippen LogP contribution in [-0.4, -0.2) is 40.0 Å². The molecule has 0 atom stereocenters. The molecule has 10 heteroatoms. The summed E-state index contributed by atoms with van der Waals surface area (Å²) in [7, 11) is -1.11. The fourth-order valence-electron chi connectivity index (χ4n) is 2.67. The van der Waals surface area contributed by atoms with Gasteiger partial charge in [0.05, 0.1) is 25.6 Å². The summed E-state index contributed by atoms with van der Waals surface area (Å²) in [6.45, 7) is 1.64. The van der Waals surface area contributed by atoms with Crippen LogP contribution in [0.1, 0.15) is 18.1 Å². The topological polar surface area (TPSA) is 132 Å². The van der Waals surface area contributed by atoms with Gasteiger partial charge in [0.2, 0.25) is 10.0 Å². The minimum atomic E-state index is -3.98. The average molecular weight is 402 g/mol. The SMILES string of the molecule is COc1ccc2c(c1)C(=N/N=C(\C)c1ccc(OC)c(S(N)(=O)=O)c1)C(=O)N2. The first-order valence-corrected chi connectivity index (χ1v) is 9.62. The lowest BCUT2D eigenvalue weighted by atomic mass is 10.1.